The van der Waals surface area contributed by atoms with Gasteiger partial charge in [0, 0.05) is 15.5 Å². The van der Waals surface area contributed by atoms with E-state index in [0.717, 1.165) is 4.47 Å². The number of amides is 1. The first-order chi connectivity index (χ1) is 14.7. The van der Waals surface area contributed by atoms with Crippen LogP contribution in [0.2, 0.25) is 5.02 Å². The molecule has 0 radical (unpaired) electrons. The first kappa shape index (κ1) is 21.4. The molecule has 0 unspecified atom stereocenters. The van der Waals surface area contributed by atoms with Gasteiger partial charge in [-0.05, 0) is 55.5 Å². The molecule has 4 rings (SSSR count). The van der Waals surface area contributed by atoms with Crippen molar-refractivity contribution in [3.05, 3.63) is 87.5 Å². The first-order valence-corrected chi connectivity index (χ1v) is 11.8. The molecule has 3 aromatic carbocycles. The predicted molar refractivity (Wildman–Crippen MR) is 125 cm³/mol. The Kier molecular flexibility index (Phi) is 5.79. The molecule has 4 aromatic rings. The van der Waals surface area contributed by atoms with Crippen molar-refractivity contribution in [3.63, 3.8) is 0 Å². The minimum Gasteiger partial charge on any atom is -0.459 e. The lowest BCUT2D eigenvalue weighted by molar-refractivity contribution is 0.102. The lowest BCUT2D eigenvalue weighted by Gasteiger charge is -2.09. The first-order valence-electron chi connectivity index (χ1n) is 9.12. The highest BCUT2D eigenvalue weighted by Crippen LogP contribution is 2.35. The molecule has 158 valence electrons. The quantitative estimate of drug-likeness (QED) is 0.328. The van der Waals surface area contributed by atoms with E-state index < -0.39 is 10.0 Å². The van der Waals surface area contributed by atoms with Gasteiger partial charge in [-0.25, -0.2) is 8.42 Å². The van der Waals surface area contributed by atoms with E-state index in [2.05, 4.69) is 26.0 Å². The van der Waals surface area contributed by atoms with Gasteiger partial charge in [0.2, 0.25) is 0 Å². The van der Waals surface area contributed by atoms with Crippen molar-refractivity contribution in [1.82, 2.24) is 0 Å². The topological polar surface area (TPSA) is 88.4 Å². The highest BCUT2D eigenvalue weighted by molar-refractivity contribution is 9.10. The van der Waals surface area contributed by atoms with Crippen LogP contribution < -0.4 is 10.0 Å². The summed E-state index contributed by atoms with van der Waals surface area (Å²) < 4.78 is 34.5. The van der Waals surface area contributed by atoms with E-state index in [9.17, 15) is 13.2 Å². The normalized spacial score (nSPS) is 11.5. The molecule has 0 atom stereocenters. The number of carbonyl (C=O) groups is 1. The van der Waals surface area contributed by atoms with Gasteiger partial charge < -0.3 is 9.73 Å². The Morgan fingerprint density at radius 2 is 1.68 bits per heavy atom. The number of carbonyl (C=O) groups excluding carboxylic acids is 1. The van der Waals surface area contributed by atoms with Crippen molar-refractivity contribution in [2.45, 2.75) is 11.8 Å². The molecule has 0 saturated heterocycles. The number of para-hydroxylation sites is 1. The van der Waals surface area contributed by atoms with Gasteiger partial charge in [0.15, 0.2) is 5.58 Å². The monoisotopic (exact) mass is 518 g/mol. The molecule has 6 nitrogen and oxygen atoms in total. The van der Waals surface area contributed by atoms with Gasteiger partial charge in [-0.2, -0.15) is 0 Å². The molecule has 0 fully saturated rings. The Bertz CT molecular complexity index is 1380. The Balaban J connectivity index is 1.73. The second-order valence-electron chi connectivity index (χ2n) is 6.75. The van der Waals surface area contributed by atoms with Gasteiger partial charge in [-0.1, -0.05) is 45.7 Å². The third-order valence-corrected chi connectivity index (χ3v) is 6.76. The highest BCUT2D eigenvalue weighted by atomic mass is 79.9. The molecular formula is C22H16BrClN2O4S. The largest absolute Gasteiger partial charge is 0.459 e. The van der Waals surface area contributed by atoms with E-state index in [1.54, 1.807) is 31.2 Å². The molecule has 0 spiro atoms. The van der Waals surface area contributed by atoms with Crippen molar-refractivity contribution in [2.75, 3.05) is 10.0 Å². The fourth-order valence-corrected chi connectivity index (χ4v) is 4.72. The number of hydrogen-bond acceptors (Lipinski definition) is 4. The molecular weight excluding hydrogens is 504 g/mol. The average molecular weight is 520 g/mol. The molecule has 9 heteroatoms. The molecule has 1 aromatic heterocycles. The van der Waals surface area contributed by atoms with Crippen LogP contribution in [0.25, 0.3) is 11.0 Å². The number of sulfonamides is 1. The molecule has 1 heterocycles. The van der Waals surface area contributed by atoms with Gasteiger partial charge in [-0.3, -0.25) is 9.52 Å². The summed E-state index contributed by atoms with van der Waals surface area (Å²) in [4.78, 5) is 13.0. The van der Waals surface area contributed by atoms with Gasteiger partial charge >= 0.3 is 0 Å². The number of furan rings is 1. The zero-order chi connectivity index (χ0) is 22.2. The number of anilines is 2. The number of hydrogen-bond donors (Lipinski definition) is 2. The van der Waals surface area contributed by atoms with Crippen LogP contribution >= 0.6 is 27.5 Å². The zero-order valence-corrected chi connectivity index (χ0v) is 19.3. The highest BCUT2D eigenvalue weighted by Gasteiger charge is 2.22. The Hall–Kier alpha value is -2.81. The molecule has 1 amide bonds. The van der Waals surface area contributed by atoms with Crippen molar-refractivity contribution in [1.29, 1.82) is 0 Å². The van der Waals surface area contributed by atoms with Crippen LogP contribution in [0, 0.1) is 6.92 Å². The maximum atomic E-state index is 12.9. The van der Waals surface area contributed by atoms with E-state index in [1.807, 2.05) is 18.2 Å². The third kappa shape index (κ3) is 4.46. The Morgan fingerprint density at radius 3 is 2.35 bits per heavy atom. The van der Waals surface area contributed by atoms with Crippen molar-refractivity contribution < 1.29 is 17.6 Å². The zero-order valence-electron chi connectivity index (χ0n) is 16.1. The molecule has 0 aliphatic carbocycles. The van der Waals surface area contributed by atoms with Crippen LogP contribution in [0.3, 0.4) is 0 Å². The summed E-state index contributed by atoms with van der Waals surface area (Å²) in [5.41, 5.74) is 1.43. The molecule has 0 bridgehead atoms. The van der Waals surface area contributed by atoms with Crippen LogP contribution in [0.1, 0.15) is 16.1 Å². The van der Waals surface area contributed by atoms with Crippen LogP contribution in [0.4, 0.5) is 11.4 Å². The van der Waals surface area contributed by atoms with E-state index in [1.165, 1.54) is 24.3 Å². The summed E-state index contributed by atoms with van der Waals surface area (Å²) in [6, 6.07) is 18.2. The third-order valence-electron chi connectivity index (χ3n) is 4.56. The Morgan fingerprint density at radius 1 is 1.00 bits per heavy atom. The minimum atomic E-state index is -3.85. The average Bonchev–Trinajstić information content (AvgIpc) is 3.05. The second kappa shape index (κ2) is 8.37. The number of rotatable bonds is 5. The molecule has 31 heavy (non-hydrogen) atoms. The summed E-state index contributed by atoms with van der Waals surface area (Å²) in [6.07, 6.45) is 0. The van der Waals surface area contributed by atoms with Gasteiger partial charge in [0.1, 0.15) is 5.76 Å². The van der Waals surface area contributed by atoms with Gasteiger partial charge in [-0.15, -0.1) is 0 Å². The fraction of sp³-hybridized carbons (Fsp3) is 0.0455. The smallest absolute Gasteiger partial charge is 0.261 e. The van der Waals surface area contributed by atoms with Crippen LogP contribution in [-0.4, -0.2) is 14.3 Å². The maximum Gasteiger partial charge on any atom is 0.261 e. The van der Waals surface area contributed by atoms with E-state index in [4.69, 9.17) is 16.0 Å². The SMILES string of the molecule is Cc1oc2c(Cl)cc(NS(=O)(=O)c3ccc(Br)cc3)cc2c1C(=O)Nc1ccccc1. The number of aryl methyl sites for hydroxylation is 1. The summed E-state index contributed by atoms with van der Waals surface area (Å²) in [5.74, 6) is -0.00955. The minimum absolute atomic E-state index is 0.0948. The van der Waals surface area contributed by atoms with Crippen LogP contribution in [-0.2, 0) is 10.0 Å². The standard InChI is InChI=1S/C22H16BrClN2O4S/c1-13-20(22(27)25-15-5-3-2-4-6-15)18-11-16(12-19(24)21(18)30-13)26-31(28,29)17-9-7-14(23)8-10-17/h2-12,26H,1H3,(H,25,27). The van der Waals surface area contributed by atoms with E-state index in [0.29, 0.717) is 22.4 Å². The summed E-state index contributed by atoms with van der Waals surface area (Å²) in [5, 5.41) is 3.41. The van der Waals surface area contributed by atoms with E-state index in [-0.39, 0.29) is 27.1 Å². The summed E-state index contributed by atoms with van der Waals surface area (Å²) >= 11 is 9.62. The predicted octanol–water partition coefficient (Wildman–Crippen LogP) is 6.21. The molecule has 2 N–H and O–H groups in total. The number of halogens is 2. The van der Waals surface area contributed by atoms with Crippen LogP contribution in [0.5, 0.6) is 0 Å². The van der Waals surface area contributed by atoms with Crippen molar-refractivity contribution in [3.8, 4) is 0 Å². The fourth-order valence-electron chi connectivity index (χ4n) is 3.16. The lowest BCUT2D eigenvalue weighted by atomic mass is 10.1. The number of fused-ring (bicyclic) bond motifs is 1. The number of benzene rings is 3. The maximum absolute atomic E-state index is 12.9. The van der Waals surface area contributed by atoms with Gasteiger partial charge in [0.05, 0.1) is 21.2 Å². The molecule has 0 aliphatic rings. The van der Waals surface area contributed by atoms with E-state index >= 15 is 0 Å². The van der Waals surface area contributed by atoms with Gasteiger partial charge in [0.25, 0.3) is 15.9 Å². The summed E-state index contributed by atoms with van der Waals surface area (Å²) in [6.45, 7) is 1.65. The number of nitrogens with one attached hydrogen (secondary N) is 2. The Labute approximate surface area is 192 Å². The van der Waals surface area contributed by atoms with Crippen molar-refractivity contribution >= 4 is 65.8 Å². The van der Waals surface area contributed by atoms with Crippen molar-refractivity contribution in [2.24, 2.45) is 0 Å². The second-order valence-corrected chi connectivity index (χ2v) is 9.75. The molecule has 0 saturated carbocycles. The molecule has 0 aliphatic heterocycles. The lowest BCUT2D eigenvalue weighted by Crippen LogP contribution is -2.14. The summed E-state index contributed by atoms with van der Waals surface area (Å²) in [7, 11) is -3.85. The van der Waals surface area contributed by atoms with Crippen LogP contribution in [0.15, 0.2) is 80.5 Å².